The third-order valence-electron chi connectivity index (χ3n) is 5.06. The third-order valence-corrected chi connectivity index (χ3v) is 6.95. The molecule has 32 heavy (non-hydrogen) atoms. The molecule has 10 nitrogen and oxygen atoms in total. The molecule has 1 N–H and O–H groups in total. The molecule has 0 aliphatic carbocycles. The Morgan fingerprint density at radius 2 is 1.94 bits per heavy atom. The van der Waals surface area contributed by atoms with E-state index in [1.807, 2.05) is 0 Å². The minimum absolute atomic E-state index is 0.0773. The normalized spacial score (nSPS) is 16.1. The number of aromatic nitrogens is 3. The van der Waals surface area contributed by atoms with Crippen LogP contribution in [0.2, 0.25) is 0 Å². The van der Waals surface area contributed by atoms with Crippen molar-refractivity contribution in [3.63, 3.8) is 0 Å². The molecule has 2 heterocycles. The fraction of sp³-hybridized carbons (Fsp3) is 0.350. The Morgan fingerprint density at radius 1 is 1.22 bits per heavy atom. The van der Waals surface area contributed by atoms with E-state index in [2.05, 4.69) is 15.6 Å². The number of fused-ring (bicyclic) bond motifs is 1. The number of nitrogens with one attached hydrogen (secondary N) is 1. The lowest BCUT2D eigenvalue weighted by atomic mass is 10.1. The van der Waals surface area contributed by atoms with Gasteiger partial charge in [-0.1, -0.05) is 17.0 Å². The number of rotatable bonds is 7. The molecular weight excluding hydrogens is 441 g/mol. The molecule has 1 fully saturated rings. The Kier molecular flexibility index (Phi) is 6.35. The molecule has 3 aromatic rings. The van der Waals surface area contributed by atoms with Crippen LogP contribution in [0.3, 0.4) is 0 Å². The van der Waals surface area contributed by atoms with Crippen LogP contribution in [0.4, 0.5) is 4.39 Å². The van der Waals surface area contributed by atoms with Crippen molar-refractivity contribution in [2.45, 2.75) is 17.9 Å². The number of ether oxygens (including phenoxy) is 1. The zero-order valence-electron chi connectivity index (χ0n) is 17.3. The number of hydrogen-bond donors (Lipinski definition) is 1. The van der Waals surface area contributed by atoms with E-state index < -0.39 is 15.9 Å². The maximum absolute atomic E-state index is 13.1. The van der Waals surface area contributed by atoms with Crippen LogP contribution in [0.15, 0.2) is 47.4 Å². The highest BCUT2D eigenvalue weighted by Crippen LogP contribution is 2.21. The topological polar surface area (TPSA) is 116 Å². The summed E-state index contributed by atoms with van der Waals surface area (Å²) in [6, 6.07) is 9.86. The highest BCUT2D eigenvalue weighted by Gasteiger charge is 2.27. The Morgan fingerprint density at radius 3 is 2.66 bits per heavy atom. The summed E-state index contributed by atoms with van der Waals surface area (Å²) in [5, 5.41) is 10.5. The molecule has 1 aliphatic rings. The largest absolute Gasteiger partial charge is 0.385 e. The third kappa shape index (κ3) is 4.71. The number of sulfonamides is 1. The van der Waals surface area contributed by atoms with Gasteiger partial charge in [0.25, 0.3) is 5.91 Å². The number of carbonyl (C=O) groups excluding carboxylic acids is 1. The molecule has 0 radical (unpaired) electrons. The molecule has 0 saturated carbocycles. The first-order chi connectivity index (χ1) is 15.3. The Labute approximate surface area is 183 Å². The van der Waals surface area contributed by atoms with Gasteiger partial charge in [0.2, 0.25) is 10.0 Å². The molecular formula is C20H22FN5O5S. The van der Waals surface area contributed by atoms with Gasteiger partial charge in [-0.2, -0.15) is 4.31 Å². The van der Waals surface area contributed by atoms with Gasteiger partial charge in [-0.05, 0) is 48.0 Å². The number of nitrogens with zero attached hydrogens (tertiary/aromatic N) is 4. The number of amides is 1. The highest BCUT2D eigenvalue weighted by atomic mass is 32.2. The fourth-order valence-corrected chi connectivity index (χ4v) is 4.74. The molecule has 12 heteroatoms. The van der Waals surface area contributed by atoms with Gasteiger partial charge in [-0.3, -0.25) is 4.79 Å². The van der Waals surface area contributed by atoms with Crippen molar-refractivity contribution in [1.82, 2.24) is 24.8 Å². The predicted octanol–water partition coefficient (Wildman–Crippen LogP) is 0.897. The van der Waals surface area contributed by atoms with Crippen LogP contribution in [0.5, 0.6) is 0 Å². The van der Waals surface area contributed by atoms with Gasteiger partial charge in [0, 0.05) is 13.1 Å². The van der Waals surface area contributed by atoms with Gasteiger partial charge < -0.3 is 14.9 Å². The van der Waals surface area contributed by atoms with Crippen LogP contribution in [0, 0.1) is 5.82 Å². The average Bonchev–Trinajstić information content (AvgIpc) is 3.21. The second kappa shape index (κ2) is 9.18. The van der Waals surface area contributed by atoms with Crippen LogP contribution >= 0.6 is 0 Å². The molecule has 170 valence electrons. The smallest absolute Gasteiger partial charge is 0.261 e. The molecule has 0 bridgehead atoms. The number of morpholine rings is 1. The first-order valence-electron chi connectivity index (χ1n) is 9.96. The van der Waals surface area contributed by atoms with E-state index in [4.69, 9.17) is 9.57 Å². The summed E-state index contributed by atoms with van der Waals surface area (Å²) in [7, 11) is -3.71. The summed E-state index contributed by atoms with van der Waals surface area (Å²) in [5.74, 6) is -0.786. The Bertz CT molecular complexity index is 1210. The number of carbonyl (C=O) groups is 1. The van der Waals surface area contributed by atoms with E-state index in [-0.39, 0.29) is 36.5 Å². The second-order valence-corrected chi connectivity index (χ2v) is 9.18. The first kappa shape index (κ1) is 22.1. The maximum atomic E-state index is 13.1. The zero-order valence-corrected chi connectivity index (χ0v) is 18.1. The quantitative estimate of drug-likeness (QED) is 0.553. The van der Waals surface area contributed by atoms with Gasteiger partial charge in [0.1, 0.15) is 16.9 Å². The predicted molar refractivity (Wildman–Crippen MR) is 112 cm³/mol. The van der Waals surface area contributed by atoms with Crippen LogP contribution < -0.4 is 10.2 Å². The monoisotopic (exact) mass is 463 g/mol. The SMILES string of the molecule is CC(NC(=O)COn1nnc2ccc(S(=O)(=O)N3CCOCC3)cc21)c1ccc(F)cc1. The molecule has 1 unspecified atom stereocenters. The maximum Gasteiger partial charge on any atom is 0.261 e. The molecule has 4 rings (SSSR count). The van der Waals surface area contributed by atoms with Crippen LogP contribution in [-0.4, -0.2) is 66.7 Å². The molecule has 1 amide bonds. The summed E-state index contributed by atoms with van der Waals surface area (Å²) in [5.41, 5.74) is 1.48. The summed E-state index contributed by atoms with van der Waals surface area (Å²) >= 11 is 0. The highest BCUT2D eigenvalue weighted by molar-refractivity contribution is 7.89. The van der Waals surface area contributed by atoms with Crippen molar-refractivity contribution in [2.75, 3.05) is 32.9 Å². The van der Waals surface area contributed by atoms with Crippen LogP contribution in [0.1, 0.15) is 18.5 Å². The number of benzene rings is 2. The molecule has 0 spiro atoms. The molecule has 2 aromatic carbocycles. The van der Waals surface area contributed by atoms with Crippen molar-refractivity contribution >= 4 is 27.0 Å². The minimum atomic E-state index is -3.71. The number of hydrogen-bond acceptors (Lipinski definition) is 7. The minimum Gasteiger partial charge on any atom is -0.385 e. The van der Waals surface area contributed by atoms with Gasteiger partial charge >= 0.3 is 0 Å². The first-order valence-corrected chi connectivity index (χ1v) is 11.4. The average molecular weight is 463 g/mol. The van der Waals surface area contributed by atoms with Gasteiger partial charge in [0.05, 0.1) is 24.2 Å². The second-order valence-electron chi connectivity index (χ2n) is 7.24. The van der Waals surface area contributed by atoms with Gasteiger partial charge in [-0.15, -0.1) is 5.10 Å². The van der Waals surface area contributed by atoms with Crippen LogP contribution in [-0.2, 0) is 19.6 Å². The van der Waals surface area contributed by atoms with E-state index in [9.17, 15) is 17.6 Å². The van der Waals surface area contributed by atoms with Crippen molar-refractivity contribution < 1.29 is 27.2 Å². The lowest BCUT2D eigenvalue weighted by Crippen LogP contribution is -2.40. The summed E-state index contributed by atoms with van der Waals surface area (Å²) in [6.07, 6.45) is 0. The standard InChI is InChI=1S/C20H22FN5O5S/c1-14(15-2-4-16(21)5-3-15)22-20(27)13-31-26-19-12-17(6-7-18(19)23-24-26)32(28,29)25-8-10-30-11-9-25/h2-7,12,14H,8-11,13H2,1H3,(H,22,27). The summed E-state index contributed by atoms with van der Waals surface area (Å²) in [4.78, 5) is 18.8. The molecule has 1 atom stereocenters. The lowest BCUT2D eigenvalue weighted by molar-refractivity contribution is -0.127. The molecule has 1 aliphatic heterocycles. The zero-order chi connectivity index (χ0) is 22.7. The summed E-state index contributed by atoms with van der Waals surface area (Å²) in [6.45, 7) is 2.63. The Hall–Kier alpha value is -3.09. The van der Waals surface area contributed by atoms with Crippen molar-refractivity contribution in [2.24, 2.45) is 0 Å². The lowest BCUT2D eigenvalue weighted by Gasteiger charge is -2.26. The van der Waals surface area contributed by atoms with Gasteiger partial charge in [-0.25, -0.2) is 12.8 Å². The fourth-order valence-electron chi connectivity index (χ4n) is 3.31. The van der Waals surface area contributed by atoms with Crippen LogP contribution in [0.25, 0.3) is 11.0 Å². The van der Waals surface area contributed by atoms with E-state index in [0.717, 1.165) is 10.4 Å². The Balaban J connectivity index is 1.44. The van der Waals surface area contributed by atoms with E-state index in [1.165, 1.54) is 34.6 Å². The van der Waals surface area contributed by atoms with Crippen molar-refractivity contribution in [3.8, 4) is 0 Å². The molecule has 1 saturated heterocycles. The van der Waals surface area contributed by atoms with Gasteiger partial charge in [0.15, 0.2) is 6.61 Å². The van der Waals surface area contributed by atoms with Crippen molar-refractivity contribution in [1.29, 1.82) is 0 Å². The van der Waals surface area contributed by atoms with Crippen molar-refractivity contribution in [3.05, 3.63) is 53.8 Å². The van der Waals surface area contributed by atoms with E-state index >= 15 is 0 Å². The number of halogens is 1. The molecule has 1 aromatic heterocycles. The van der Waals surface area contributed by atoms with E-state index in [1.54, 1.807) is 19.1 Å². The summed E-state index contributed by atoms with van der Waals surface area (Å²) < 4.78 is 45.4. The van der Waals surface area contributed by atoms with E-state index in [0.29, 0.717) is 24.2 Å².